The number of para-hydroxylation sites is 1. The summed E-state index contributed by atoms with van der Waals surface area (Å²) in [5, 5.41) is 9.24. The van der Waals surface area contributed by atoms with Gasteiger partial charge in [0.05, 0.1) is 12.7 Å². The first kappa shape index (κ1) is 10.5. The number of aliphatic hydroxyl groups excluding tert-OH is 1. The van der Waals surface area contributed by atoms with Gasteiger partial charge in [0.25, 0.3) is 0 Å². The molecular weight excluding hydrogens is 188 g/mol. The quantitative estimate of drug-likeness (QED) is 0.823. The Balaban J connectivity index is 1.94. The van der Waals surface area contributed by atoms with Gasteiger partial charge in [0.2, 0.25) is 0 Å². The highest BCUT2D eigenvalue weighted by atomic mass is 16.5. The van der Waals surface area contributed by atoms with Crippen LogP contribution in [0.3, 0.4) is 0 Å². The number of fused-ring (bicyclic) bond motifs is 1. The molecule has 0 bridgehead atoms. The van der Waals surface area contributed by atoms with E-state index >= 15 is 0 Å². The van der Waals surface area contributed by atoms with Crippen molar-refractivity contribution in [3.8, 4) is 5.75 Å². The van der Waals surface area contributed by atoms with Crippen LogP contribution in [0.25, 0.3) is 0 Å². The van der Waals surface area contributed by atoms with Crippen molar-refractivity contribution in [1.82, 2.24) is 0 Å². The minimum atomic E-state index is -0.192. The minimum absolute atomic E-state index is 0.192. The molecule has 1 heterocycles. The van der Waals surface area contributed by atoms with Gasteiger partial charge in [0.15, 0.2) is 0 Å². The summed E-state index contributed by atoms with van der Waals surface area (Å²) in [6.07, 6.45) is 2.81. The molecule has 15 heavy (non-hydrogen) atoms. The Hall–Kier alpha value is -1.02. The lowest BCUT2D eigenvalue weighted by Crippen LogP contribution is -2.21. The summed E-state index contributed by atoms with van der Waals surface area (Å²) in [5.74, 6) is 1.60. The van der Waals surface area contributed by atoms with Gasteiger partial charge in [-0.1, -0.05) is 18.2 Å². The summed E-state index contributed by atoms with van der Waals surface area (Å²) >= 11 is 0. The van der Waals surface area contributed by atoms with Gasteiger partial charge in [0, 0.05) is 0 Å². The second-order valence-corrected chi connectivity index (χ2v) is 4.42. The normalized spacial score (nSPS) is 21.6. The van der Waals surface area contributed by atoms with Crippen molar-refractivity contribution in [3.63, 3.8) is 0 Å². The first-order valence-corrected chi connectivity index (χ1v) is 5.64. The summed E-state index contributed by atoms with van der Waals surface area (Å²) in [4.78, 5) is 0. The second-order valence-electron chi connectivity index (χ2n) is 4.42. The average Bonchev–Trinajstić information content (AvgIpc) is 2.26. The third-order valence-corrected chi connectivity index (χ3v) is 2.95. The Morgan fingerprint density at radius 3 is 3.07 bits per heavy atom. The van der Waals surface area contributed by atoms with Gasteiger partial charge in [0.1, 0.15) is 5.75 Å². The van der Waals surface area contributed by atoms with Crippen LogP contribution in [0.15, 0.2) is 24.3 Å². The van der Waals surface area contributed by atoms with Crippen LogP contribution < -0.4 is 4.74 Å². The molecule has 0 spiro atoms. The van der Waals surface area contributed by atoms with E-state index in [9.17, 15) is 5.11 Å². The molecule has 0 saturated heterocycles. The Morgan fingerprint density at radius 2 is 2.27 bits per heavy atom. The molecule has 1 N–H and O–H groups in total. The number of ether oxygens (including phenoxy) is 1. The lowest BCUT2D eigenvalue weighted by Gasteiger charge is -2.25. The standard InChI is InChI=1S/C13H18O2/c1-10(14)6-7-11-8-12-4-2-3-5-13(12)15-9-11/h2-5,10-11,14H,6-9H2,1H3. The molecule has 2 nitrogen and oxygen atoms in total. The van der Waals surface area contributed by atoms with E-state index in [0.29, 0.717) is 5.92 Å². The zero-order chi connectivity index (χ0) is 10.7. The molecule has 2 heteroatoms. The van der Waals surface area contributed by atoms with Gasteiger partial charge in [-0.3, -0.25) is 0 Å². The van der Waals surface area contributed by atoms with E-state index in [0.717, 1.165) is 31.6 Å². The SMILES string of the molecule is CC(O)CCC1COc2ccccc2C1. The molecule has 82 valence electrons. The fraction of sp³-hybridized carbons (Fsp3) is 0.538. The minimum Gasteiger partial charge on any atom is -0.493 e. The molecule has 2 rings (SSSR count). The smallest absolute Gasteiger partial charge is 0.122 e. The molecule has 2 atom stereocenters. The molecule has 0 fully saturated rings. The number of aliphatic hydroxyl groups is 1. The number of rotatable bonds is 3. The van der Waals surface area contributed by atoms with Gasteiger partial charge in [-0.25, -0.2) is 0 Å². The molecular formula is C13H18O2. The van der Waals surface area contributed by atoms with E-state index in [2.05, 4.69) is 12.1 Å². The molecule has 2 unspecified atom stereocenters. The van der Waals surface area contributed by atoms with E-state index in [4.69, 9.17) is 4.74 Å². The fourth-order valence-corrected chi connectivity index (χ4v) is 2.05. The summed E-state index contributed by atoms with van der Waals surface area (Å²) in [6.45, 7) is 2.64. The largest absolute Gasteiger partial charge is 0.493 e. The lowest BCUT2D eigenvalue weighted by molar-refractivity contribution is 0.153. The molecule has 1 aliphatic rings. The van der Waals surface area contributed by atoms with Crippen molar-refractivity contribution in [2.75, 3.05) is 6.61 Å². The summed E-state index contributed by atoms with van der Waals surface area (Å²) in [7, 11) is 0. The van der Waals surface area contributed by atoms with E-state index in [-0.39, 0.29) is 6.10 Å². The van der Waals surface area contributed by atoms with Crippen molar-refractivity contribution in [3.05, 3.63) is 29.8 Å². The van der Waals surface area contributed by atoms with Crippen LogP contribution in [0.5, 0.6) is 5.75 Å². The zero-order valence-corrected chi connectivity index (χ0v) is 9.15. The second kappa shape index (κ2) is 4.67. The molecule has 1 aliphatic heterocycles. The highest BCUT2D eigenvalue weighted by Crippen LogP contribution is 2.28. The van der Waals surface area contributed by atoms with Crippen LogP contribution in [0.2, 0.25) is 0 Å². The van der Waals surface area contributed by atoms with Crippen LogP contribution in [0.4, 0.5) is 0 Å². The summed E-state index contributed by atoms with van der Waals surface area (Å²) in [5.41, 5.74) is 1.30. The van der Waals surface area contributed by atoms with Crippen LogP contribution in [-0.4, -0.2) is 17.8 Å². The third kappa shape index (κ3) is 2.72. The van der Waals surface area contributed by atoms with Gasteiger partial charge >= 0.3 is 0 Å². The maximum atomic E-state index is 9.24. The summed E-state index contributed by atoms with van der Waals surface area (Å²) < 4.78 is 5.69. The fourth-order valence-electron chi connectivity index (χ4n) is 2.05. The van der Waals surface area contributed by atoms with Crippen molar-refractivity contribution in [1.29, 1.82) is 0 Å². The van der Waals surface area contributed by atoms with Gasteiger partial charge in [-0.2, -0.15) is 0 Å². The first-order chi connectivity index (χ1) is 7.25. The van der Waals surface area contributed by atoms with Gasteiger partial charge in [-0.15, -0.1) is 0 Å². The molecule has 0 aromatic heterocycles. The van der Waals surface area contributed by atoms with Crippen LogP contribution >= 0.6 is 0 Å². The Morgan fingerprint density at radius 1 is 1.47 bits per heavy atom. The van der Waals surface area contributed by atoms with E-state index in [1.165, 1.54) is 5.56 Å². The highest BCUT2D eigenvalue weighted by Gasteiger charge is 2.19. The monoisotopic (exact) mass is 206 g/mol. The number of benzene rings is 1. The van der Waals surface area contributed by atoms with Gasteiger partial charge in [-0.05, 0) is 43.7 Å². The van der Waals surface area contributed by atoms with Crippen molar-refractivity contribution >= 4 is 0 Å². The Kier molecular flexibility index (Phi) is 3.27. The van der Waals surface area contributed by atoms with Crippen LogP contribution in [-0.2, 0) is 6.42 Å². The molecule has 0 amide bonds. The highest BCUT2D eigenvalue weighted by molar-refractivity contribution is 5.34. The number of hydrogen-bond acceptors (Lipinski definition) is 2. The maximum Gasteiger partial charge on any atom is 0.122 e. The van der Waals surface area contributed by atoms with Crippen molar-refractivity contribution in [2.24, 2.45) is 5.92 Å². The molecule has 0 radical (unpaired) electrons. The number of hydrogen-bond donors (Lipinski definition) is 1. The van der Waals surface area contributed by atoms with Crippen LogP contribution in [0, 0.1) is 5.92 Å². The van der Waals surface area contributed by atoms with Gasteiger partial charge < -0.3 is 9.84 Å². The average molecular weight is 206 g/mol. The molecule has 1 aromatic rings. The molecule has 0 aliphatic carbocycles. The van der Waals surface area contributed by atoms with Crippen molar-refractivity contribution < 1.29 is 9.84 Å². The van der Waals surface area contributed by atoms with E-state index < -0.39 is 0 Å². The van der Waals surface area contributed by atoms with E-state index in [1.807, 2.05) is 19.1 Å². The molecule has 0 saturated carbocycles. The zero-order valence-electron chi connectivity index (χ0n) is 9.15. The van der Waals surface area contributed by atoms with E-state index in [1.54, 1.807) is 0 Å². The van der Waals surface area contributed by atoms with Crippen LogP contribution in [0.1, 0.15) is 25.3 Å². The predicted molar refractivity (Wildman–Crippen MR) is 60.0 cm³/mol. The third-order valence-electron chi connectivity index (χ3n) is 2.95. The predicted octanol–water partition coefficient (Wildman–Crippen LogP) is 2.40. The lowest BCUT2D eigenvalue weighted by atomic mass is 9.92. The maximum absolute atomic E-state index is 9.24. The summed E-state index contributed by atoms with van der Waals surface area (Å²) in [6, 6.07) is 8.22. The topological polar surface area (TPSA) is 29.5 Å². The first-order valence-electron chi connectivity index (χ1n) is 5.64. The van der Waals surface area contributed by atoms with Crippen molar-refractivity contribution in [2.45, 2.75) is 32.3 Å². The molecule has 1 aromatic carbocycles. The Labute approximate surface area is 90.9 Å². The Bertz CT molecular complexity index is 320.